The molecule has 0 aliphatic rings. The molecule has 0 rings (SSSR count). The van der Waals surface area contributed by atoms with Crippen molar-refractivity contribution in [2.75, 3.05) is 32.7 Å². The Balaban J connectivity index is 3.94. The van der Waals surface area contributed by atoms with Gasteiger partial charge >= 0.3 is 0 Å². The summed E-state index contributed by atoms with van der Waals surface area (Å²) in [5.41, 5.74) is 0. The highest BCUT2D eigenvalue weighted by Crippen LogP contribution is 2.15. The lowest BCUT2D eigenvalue weighted by Crippen LogP contribution is -2.40. The lowest BCUT2D eigenvalue weighted by Gasteiger charge is -2.27. The molecule has 138 valence electrons. The third-order valence-corrected chi connectivity index (χ3v) is 4.94. The van der Waals surface area contributed by atoms with Gasteiger partial charge in [0.25, 0.3) is 0 Å². The second-order valence-electron chi connectivity index (χ2n) is 6.76. The number of hydrogen-bond donors (Lipinski definition) is 0. The van der Waals surface area contributed by atoms with Crippen LogP contribution in [0.4, 0.5) is 0 Å². The summed E-state index contributed by atoms with van der Waals surface area (Å²) in [7, 11) is 0. The summed E-state index contributed by atoms with van der Waals surface area (Å²) in [6.07, 6.45) is 10.3. The zero-order chi connectivity index (χ0) is 17.5. The molecule has 0 aliphatic heterocycles. The van der Waals surface area contributed by atoms with Gasteiger partial charge in [-0.1, -0.05) is 72.6 Å². The van der Waals surface area contributed by atoms with Crippen LogP contribution in [0.3, 0.4) is 0 Å². The summed E-state index contributed by atoms with van der Waals surface area (Å²) in [5.74, 6) is 0.535. The molecule has 3 nitrogen and oxygen atoms in total. The second kappa shape index (κ2) is 15.0. The molecular weight excluding hydrogens is 284 g/mol. The Morgan fingerprint density at radius 3 is 1.87 bits per heavy atom. The number of hydrogen-bond acceptors (Lipinski definition) is 2. The number of carbonyl (C=O) groups excluding carboxylic acids is 1. The fourth-order valence-corrected chi connectivity index (χ4v) is 3.07. The first-order chi connectivity index (χ1) is 11.1. The minimum Gasteiger partial charge on any atom is -0.341 e. The first-order valence-corrected chi connectivity index (χ1v) is 10.1. The number of carbonyl (C=O) groups is 1. The Morgan fingerprint density at radius 2 is 1.35 bits per heavy atom. The molecule has 0 spiro atoms. The van der Waals surface area contributed by atoms with Crippen molar-refractivity contribution in [3.63, 3.8) is 0 Å². The Hall–Kier alpha value is -0.570. The van der Waals surface area contributed by atoms with Gasteiger partial charge in [0.2, 0.25) is 5.91 Å². The van der Waals surface area contributed by atoms with Gasteiger partial charge in [0, 0.05) is 25.6 Å². The van der Waals surface area contributed by atoms with E-state index in [1.807, 2.05) is 4.90 Å². The molecule has 0 saturated heterocycles. The van der Waals surface area contributed by atoms with Crippen molar-refractivity contribution in [3.8, 4) is 0 Å². The molecule has 0 heterocycles. The SMILES string of the molecule is CCCCCCCCCC(C)C(=O)N(CC)CCN(CC)CC. The van der Waals surface area contributed by atoms with E-state index < -0.39 is 0 Å². The van der Waals surface area contributed by atoms with Gasteiger partial charge in [0.05, 0.1) is 0 Å². The van der Waals surface area contributed by atoms with Crippen LogP contribution in [0.15, 0.2) is 0 Å². The Labute approximate surface area is 145 Å². The van der Waals surface area contributed by atoms with Crippen molar-refractivity contribution in [2.24, 2.45) is 5.92 Å². The summed E-state index contributed by atoms with van der Waals surface area (Å²) >= 11 is 0. The highest BCUT2D eigenvalue weighted by Gasteiger charge is 2.19. The van der Waals surface area contributed by atoms with E-state index in [0.29, 0.717) is 5.91 Å². The maximum atomic E-state index is 12.6. The van der Waals surface area contributed by atoms with Crippen LogP contribution in [0, 0.1) is 5.92 Å². The summed E-state index contributed by atoms with van der Waals surface area (Å²) in [6.45, 7) is 15.7. The average Bonchev–Trinajstić information content (AvgIpc) is 2.57. The normalized spacial score (nSPS) is 12.6. The van der Waals surface area contributed by atoms with E-state index in [1.54, 1.807) is 0 Å². The smallest absolute Gasteiger partial charge is 0.225 e. The zero-order valence-corrected chi connectivity index (χ0v) is 16.6. The van der Waals surface area contributed by atoms with Gasteiger partial charge in [-0.3, -0.25) is 4.79 Å². The van der Waals surface area contributed by atoms with E-state index in [2.05, 4.69) is 39.5 Å². The van der Waals surface area contributed by atoms with Gasteiger partial charge in [-0.2, -0.15) is 0 Å². The molecule has 0 radical (unpaired) electrons. The lowest BCUT2D eigenvalue weighted by atomic mass is 10.0. The van der Waals surface area contributed by atoms with Crippen molar-refractivity contribution in [3.05, 3.63) is 0 Å². The van der Waals surface area contributed by atoms with Crippen LogP contribution < -0.4 is 0 Å². The van der Waals surface area contributed by atoms with Crippen LogP contribution in [0.5, 0.6) is 0 Å². The quantitative estimate of drug-likeness (QED) is 0.397. The van der Waals surface area contributed by atoms with Gasteiger partial charge < -0.3 is 9.80 Å². The third-order valence-electron chi connectivity index (χ3n) is 4.94. The molecule has 0 fully saturated rings. The van der Waals surface area contributed by atoms with E-state index in [0.717, 1.165) is 39.1 Å². The van der Waals surface area contributed by atoms with E-state index >= 15 is 0 Å². The highest BCUT2D eigenvalue weighted by atomic mass is 16.2. The molecule has 3 heteroatoms. The van der Waals surface area contributed by atoms with Gasteiger partial charge in [-0.15, -0.1) is 0 Å². The van der Waals surface area contributed by atoms with Gasteiger partial charge in [0.1, 0.15) is 0 Å². The first kappa shape index (κ1) is 22.4. The summed E-state index contributed by atoms with van der Waals surface area (Å²) in [4.78, 5) is 17.0. The Kier molecular flexibility index (Phi) is 14.6. The number of unbranched alkanes of at least 4 members (excludes halogenated alkanes) is 6. The molecule has 0 aromatic carbocycles. The molecule has 23 heavy (non-hydrogen) atoms. The van der Waals surface area contributed by atoms with E-state index in [1.165, 1.54) is 44.9 Å². The predicted octanol–water partition coefficient (Wildman–Crippen LogP) is 4.95. The Bertz CT molecular complexity index is 277. The topological polar surface area (TPSA) is 23.6 Å². The number of rotatable bonds is 15. The molecule has 0 aromatic heterocycles. The van der Waals surface area contributed by atoms with Crippen LogP contribution in [-0.4, -0.2) is 48.4 Å². The third kappa shape index (κ3) is 10.8. The number of nitrogens with zero attached hydrogens (tertiary/aromatic N) is 2. The fourth-order valence-electron chi connectivity index (χ4n) is 3.07. The van der Waals surface area contributed by atoms with Crippen molar-refractivity contribution in [1.29, 1.82) is 0 Å². The van der Waals surface area contributed by atoms with Gasteiger partial charge in [-0.25, -0.2) is 0 Å². The minimum atomic E-state index is 0.183. The lowest BCUT2D eigenvalue weighted by molar-refractivity contribution is -0.135. The van der Waals surface area contributed by atoms with Crippen LogP contribution in [0.25, 0.3) is 0 Å². The predicted molar refractivity (Wildman–Crippen MR) is 102 cm³/mol. The van der Waals surface area contributed by atoms with E-state index in [-0.39, 0.29) is 5.92 Å². The van der Waals surface area contributed by atoms with Crippen LogP contribution >= 0.6 is 0 Å². The zero-order valence-electron chi connectivity index (χ0n) is 16.6. The molecule has 0 saturated carbocycles. The molecule has 0 bridgehead atoms. The molecule has 1 unspecified atom stereocenters. The van der Waals surface area contributed by atoms with Crippen LogP contribution in [0.1, 0.15) is 86.0 Å². The van der Waals surface area contributed by atoms with Gasteiger partial charge in [0.15, 0.2) is 0 Å². The number of amides is 1. The molecule has 0 aliphatic carbocycles. The molecule has 1 amide bonds. The van der Waals surface area contributed by atoms with E-state index in [4.69, 9.17) is 0 Å². The fraction of sp³-hybridized carbons (Fsp3) is 0.950. The standard InChI is InChI=1S/C20H42N2O/c1-6-10-11-12-13-14-15-16-19(5)20(23)22(9-4)18-17-21(7-2)8-3/h19H,6-18H2,1-5H3. The minimum absolute atomic E-state index is 0.183. The Morgan fingerprint density at radius 1 is 0.783 bits per heavy atom. The molecule has 0 N–H and O–H groups in total. The number of likely N-dealkylation sites (N-methyl/N-ethyl adjacent to an activating group) is 2. The van der Waals surface area contributed by atoms with Crippen molar-refractivity contribution >= 4 is 5.91 Å². The second-order valence-corrected chi connectivity index (χ2v) is 6.76. The van der Waals surface area contributed by atoms with Gasteiger partial charge in [-0.05, 0) is 26.4 Å². The monoisotopic (exact) mass is 326 g/mol. The maximum Gasteiger partial charge on any atom is 0.225 e. The summed E-state index contributed by atoms with van der Waals surface area (Å²) in [6, 6.07) is 0. The maximum absolute atomic E-state index is 12.6. The first-order valence-electron chi connectivity index (χ1n) is 10.1. The van der Waals surface area contributed by atoms with Crippen LogP contribution in [-0.2, 0) is 4.79 Å². The summed E-state index contributed by atoms with van der Waals surface area (Å²) < 4.78 is 0. The van der Waals surface area contributed by atoms with Crippen molar-refractivity contribution < 1.29 is 4.79 Å². The van der Waals surface area contributed by atoms with Crippen molar-refractivity contribution in [1.82, 2.24) is 9.80 Å². The molecule has 1 atom stereocenters. The molecular formula is C20H42N2O. The highest BCUT2D eigenvalue weighted by molar-refractivity contribution is 5.78. The van der Waals surface area contributed by atoms with E-state index in [9.17, 15) is 4.79 Å². The average molecular weight is 327 g/mol. The summed E-state index contributed by atoms with van der Waals surface area (Å²) in [5, 5.41) is 0. The largest absolute Gasteiger partial charge is 0.341 e. The molecule has 0 aromatic rings. The van der Waals surface area contributed by atoms with Crippen LogP contribution in [0.2, 0.25) is 0 Å². The van der Waals surface area contributed by atoms with Crippen molar-refractivity contribution in [2.45, 2.75) is 86.0 Å².